The van der Waals surface area contributed by atoms with Gasteiger partial charge < -0.3 is 0 Å². The van der Waals surface area contributed by atoms with E-state index in [9.17, 15) is 0 Å². The predicted octanol–water partition coefficient (Wildman–Crippen LogP) is 2.78. The fourth-order valence-corrected chi connectivity index (χ4v) is 0.707. The molecule has 0 spiro atoms. The van der Waals surface area contributed by atoms with Gasteiger partial charge in [0.05, 0.1) is 0 Å². The molecule has 0 radical (unpaired) electrons. The van der Waals surface area contributed by atoms with Gasteiger partial charge in [0.25, 0.3) is 0 Å². The summed E-state index contributed by atoms with van der Waals surface area (Å²) in [6, 6.07) is 0. The molecule has 0 unspecified atom stereocenters. The normalized spacial score (nSPS) is 10.6. The topological polar surface area (TPSA) is 0 Å². The van der Waals surface area contributed by atoms with Crippen LogP contribution in [0.1, 0.15) is 19.8 Å². The van der Waals surface area contributed by atoms with Crippen molar-refractivity contribution >= 4 is 22.6 Å². The van der Waals surface area contributed by atoms with Crippen LogP contribution in [0.5, 0.6) is 0 Å². The minimum atomic E-state index is 1.18. The fraction of sp³-hybridized carbons (Fsp3) is 0.667. The predicted molar refractivity (Wildman–Crippen MR) is 42.9 cm³/mol. The lowest BCUT2D eigenvalue weighted by atomic mass is 10.4. The molecular weight excluding hydrogens is 199 g/mol. The highest BCUT2D eigenvalue weighted by Gasteiger charge is 1.69. The van der Waals surface area contributed by atoms with Gasteiger partial charge in [-0.25, -0.2) is 0 Å². The van der Waals surface area contributed by atoms with Gasteiger partial charge in [0.1, 0.15) is 0 Å². The van der Waals surface area contributed by atoms with Gasteiger partial charge in [-0.1, -0.05) is 41.7 Å². The third-order valence-corrected chi connectivity index (χ3v) is 1.30. The molecule has 0 aliphatic heterocycles. The lowest BCUT2D eigenvalue weighted by Gasteiger charge is -1.78. The molecular formula is C6H11I. The molecule has 0 saturated carbocycles. The van der Waals surface area contributed by atoms with Gasteiger partial charge in [0.15, 0.2) is 0 Å². The summed E-state index contributed by atoms with van der Waals surface area (Å²) in [5, 5.41) is 0. The van der Waals surface area contributed by atoms with E-state index in [1.165, 1.54) is 17.3 Å². The van der Waals surface area contributed by atoms with Gasteiger partial charge >= 0.3 is 0 Å². The van der Waals surface area contributed by atoms with Crippen molar-refractivity contribution in [2.75, 3.05) is 4.43 Å². The Morgan fingerprint density at radius 1 is 1.43 bits per heavy atom. The summed E-state index contributed by atoms with van der Waals surface area (Å²) in [7, 11) is 0. The molecule has 0 N–H and O–H groups in total. The van der Waals surface area contributed by atoms with Gasteiger partial charge in [-0.3, -0.25) is 0 Å². The van der Waals surface area contributed by atoms with Gasteiger partial charge in [-0.05, 0) is 12.8 Å². The molecule has 0 rings (SSSR count). The van der Waals surface area contributed by atoms with E-state index in [1.807, 2.05) is 0 Å². The van der Waals surface area contributed by atoms with Crippen LogP contribution in [0.15, 0.2) is 12.2 Å². The second-order valence-electron chi connectivity index (χ2n) is 1.36. The van der Waals surface area contributed by atoms with Crippen LogP contribution >= 0.6 is 22.6 Å². The maximum Gasteiger partial charge on any atom is 0.00299 e. The molecule has 0 atom stereocenters. The second kappa shape index (κ2) is 6.47. The first kappa shape index (κ1) is 7.47. The molecule has 0 bridgehead atoms. The smallest absolute Gasteiger partial charge is 0.00299 e. The molecule has 0 aromatic rings. The number of allylic oxidation sites excluding steroid dienone is 2. The first-order valence-electron chi connectivity index (χ1n) is 2.62. The van der Waals surface area contributed by atoms with Crippen LogP contribution in [-0.2, 0) is 0 Å². The standard InChI is InChI=1S/C6H11I/c1-2-3-4-5-6-7/h3-4H,2,5-6H2,1H3. The Kier molecular flexibility index (Phi) is 6.90. The Bertz CT molecular complexity index is 48.1. The second-order valence-corrected chi connectivity index (χ2v) is 2.44. The molecule has 0 aromatic carbocycles. The van der Waals surface area contributed by atoms with Crippen molar-refractivity contribution in [2.45, 2.75) is 19.8 Å². The lowest BCUT2D eigenvalue weighted by molar-refractivity contribution is 1.17. The van der Waals surface area contributed by atoms with E-state index >= 15 is 0 Å². The number of hydrogen-bond donors (Lipinski definition) is 0. The zero-order valence-corrected chi connectivity index (χ0v) is 6.81. The average molecular weight is 210 g/mol. The Balaban J connectivity index is 2.78. The highest BCUT2D eigenvalue weighted by molar-refractivity contribution is 14.1. The summed E-state index contributed by atoms with van der Waals surface area (Å²) in [6.07, 6.45) is 6.84. The summed E-state index contributed by atoms with van der Waals surface area (Å²) in [4.78, 5) is 0. The van der Waals surface area contributed by atoms with Gasteiger partial charge in [0.2, 0.25) is 0 Å². The molecule has 1 heteroatoms. The summed E-state index contributed by atoms with van der Waals surface area (Å²) < 4.78 is 1.24. The fourth-order valence-electron chi connectivity index (χ4n) is 0.348. The molecule has 0 fully saturated rings. The van der Waals surface area contributed by atoms with Crippen molar-refractivity contribution in [3.8, 4) is 0 Å². The number of rotatable bonds is 3. The Labute approximate surface area is 59.1 Å². The Morgan fingerprint density at radius 2 is 2.14 bits per heavy atom. The van der Waals surface area contributed by atoms with Crippen LogP contribution in [0.3, 0.4) is 0 Å². The van der Waals surface area contributed by atoms with Crippen LogP contribution < -0.4 is 0 Å². The summed E-state index contributed by atoms with van der Waals surface area (Å²) >= 11 is 2.38. The number of halogens is 1. The number of hydrogen-bond acceptors (Lipinski definition) is 0. The third kappa shape index (κ3) is 6.47. The summed E-state index contributed by atoms with van der Waals surface area (Å²) in [5.74, 6) is 0. The minimum Gasteiger partial charge on any atom is -0.0888 e. The highest BCUT2D eigenvalue weighted by Crippen LogP contribution is 1.90. The third-order valence-electron chi connectivity index (χ3n) is 0.678. The highest BCUT2D eigenvalue weighted by atomic mass is 127. The zero-order valence-electron chi connectivity index (χ0n) is 4.65. The van der Waals surface area contributed by atoms with E-state index in [0.29, 0.717) is 0 Å². The molecule has 0 amide bonds. The SMILES string of the molecule is CCC=CCCI. The maximum atomic E-state index is 2.38. The van der Waals surface area contributed by atoms with Gasteiger partial charge in [0, 0.05) is 4.43 Å². The van der Waals surface area contributed by atoms with Crippen molar-refractivity contribution in [3.05, 3.63) is 12.2 Å². The number of alkyl halides is 1. The van der Waals surface area contributed by atoms with E-state index in [2.05, 4.69) is 41.7 Å². The monoisotopic (exact) mass is 210 g/mol. The first-order chi connectivity index (χ1) is 3.41. The van der Waals surface area contributed by atoms with Crippen molar-refractivity contribution in [1.82, 2.24) is 0 Å². The quantitative estimate of drug-likeness (QED) is 0.381. The summed E-state index contributed by atoms with van der Waals surface area (Å²) in [5.41, 5.74) is 0. The summed E-state index contributed by atoms with van der Waals surface area (Å²) in [6.45, 7) is 2.16. The average Bonchev–Trinajstić information content (AvgIpc) is 1.69. The lowest BCUT2D eigenvalue weighted by Crippen LogP contribution is -1.63. The van der Waals surface area contributed by atoms with E-state index in [0.717, 1.165) is 0 Å². The van der Waals surface area contributed by atoms with Crippen molar-refractivity contribution in [3.63, 3.8) is 0 Å². The van der Waals surface area contributed by atoms with Crippen molar-refractivity contribution in [2.24, 2.45) is 0 Å². The Hall–Kier alpha value is 0.470. The first-order valence-corrected chi connectivity index (χ1v) is 4.15. The Morgan fingerprint density at radius 3 is 2.57 bits per heavy atom. The van der Waals surface area contributed by atoms with Crippen LogP contribution in [-0.4, -0.2) is 4.43 Å². The van der Waals surface area contributed by atoms with Crippen molar-refractivity contribution < 1.29 is 0 Å². The molecule has 0 saturated heterocycles. The van der Waals surface area contributed by atoms with Crippen LogP contribution in [0, 0.1) is 0 Å². The van der Waals surface area contributed by atoms with E-state index < -0.39 is 0 Å². The minimum absolute atomic E-state index is 1.18. The maximum absolute atomic E-state index is 2.38. The molecule has 7 heavy (non-hydrogen) atoms. The molecule has 42 valence electrons. The van der Waals surface area contributed by atoms with E-state index in [-0.39, 0.29) is 0 Å². The van der Waals surface area contributed by atoms with E-state index in [1.54, 1.807) is 0 Å². The van der Waals surface area contributed by atoms with Crippen molar-refractivity contribution in [1.29, 1.82) is 0 Å². The zero-order chi connectivity index (χ0) is 5.54. The molecule has 0 nitrogen and oxygen atoms in total. The van der Waals surface area contributed by atoms with Crippen LogP contribution in [0.2, 0.25) is 0 Å². The molecule has 0 aliphatic rings. The molecule has 0 aromatic heterocycles. The van der Waals surface area contributed by atoms with E-state index in [4.69, 9.17) is 0 Å². The largest absolute Gasteiger partial charge is 0.0888 e. The van der Waals surface area contributed by atoms with Crippen LogP contribution in [0.25, 0.3) is 0 Å². The van der Waals surface area contributed by atoms with Gasteiger partial charge in [-0.2, -0.15) is 0 Å². The van der Waals surface area contributed by atoms with Gasteiger partial charge in [-0.15, -0.1) is 0 Å². The van der Waals surface area contributed by atoms with Crippen LogP contribution in [0.4, 0.5) is 0 Å². The molecule has 0 heterocycles. The molecule has 0 aliphatic carbocycles.